The van der Waals surface area contributed by atoms with Gasteiger partial charge >= 0.3 is 10.8 Å². The minimum Gasteiger partial charge on any atom is -0.478 e. The zero-order valence-electron chi connectivity index (χ0n) is 6.70. The molecule has 0 unspecified atom stereocenters. The quantitative estimate of drug-likeness (QED) is 0.785. The van der Waals surface area contributed by atoms with E-state index >= 15 is 0 Å². The van der Waals surface area contributed by atoms with Crippen LogP contribution in [0, 0.1) is 0 Å². The molecule has 0 aliphatic carbocycles. The summed E-state index contributed by atoms with van der Waals surface area (Å²) < 4.78 is 0.384. The van der Waals surface area contributed by atoms with E-state index in [0.717, 1.165) is 11.3 Å². The molecule has 0 saturated heterocycles. The van der Waals surface area contributed by atoms with Crippen molar-refractivity contribution in [3.05, 3.63) is 32.4 Å². The Morgan fingerprint density at radius 1 is 1.50 bits per heavy atom. The van der Waals surface area contributed by atoms with Crippen molar-refractivity contribution in [1.29, 1.82) is 0 Å². The Kier molecular flexibility index (Phi) is 2.05. The summed E-state index contributed by atoms with van der Waals surface area (Å²) >= 11 is 6.64. The van der Waals surface area contributed by atoms with Crippen molar-refractivity contribution in [3.8, 4) is 0 Å². The van der Waals surface area contributed by atoms with Crippen LogP contribution >= 0.6 is 22.9 Å². The molecule has 2 aromatic rings. The van der Waals surface area contributed by atoms with E-state index in [-0.39, 0.29) is 10.4 Å². The van der Waals surface area contributed by atoms with Crippen LogP contribution in [0.15, 0.2) is 16.9 Å². The standard InChI is InChI=1S/C8H4ClNO3S/c9-4-2-1-3(7(11)12)6-5(4)10-8(13)14-6/h1-2H,(H,10,13)(H,11,12). The number of aromatic amines is 1. The monoisotopic (exact) mass is 229 g/mol. The van der Waals surface area contributed by atoms with E-state index in [2.05, 4.69) is 4.98 Å². The molecule has 0 amide bonds. The van der Waals surface area contributed by atoms with Gasteiger partial charge < -0.3 is 10.1 Å². The highest BCUT2D eigenvalue weighted by atomic mass is 35.5. The number of carboxylic acids is 1. The number of fused-ring (bicyclic) bond motifs is 1. The largest absolute Gasteiger partial charge is 0.478 e. The van der Waals surface area contributed by atoms with Crippen LogP contribution in [0.4, 0.5) is 0 Å². The van der Waals surface area contributed by atoms with Crippen molar-refractivity contribution in [3.63, 3.8) is 0 Å². The fourth-order valence-electron chi connectivity index (χ4n) is 1.17. The maximum Gasteiger partial charge on any atom is 0.337 e. The third-order valence-corrected chi connectivity index (χ3v) is 2.99. The van der Waals surface area contributed by atoms with Crippen molar-refractivity contribution in [2.45, 2.75) is 0 Å². The summed E-state index contributed by atoms with van der Waals surface area (Å²) in [4.78, 5) is 24.0. The molecule has 4 nitrogen and oxygen atoms in total. The Bertz CT molecular complexity index is 571. The molecule has 0 bridgehead atoms. The first-order valence-electron chi connectivity index (χ1n) is 3.64. The van der Waals surface area contributed by atoms with E-state index in [1.54, 1.807) is 0 Å². The molecule has 2 rings (SSSR count). The predicted molar refractivity (Wildman–Crippen MR) is 54.4 cm³/mol. The normalized spacial score (nSPS) is 10.6. The second-order valence-corrected chi connectivity index (χ2v) is 4.01. The molecule has 1 heterocycles. The molecular formula is C8H4ClNO3S. The Hall–Kier alpha value is -1.33. The zero-order chi connectivity index (χ0) is 10.3. The van der Waals surface area contributed by atoms with E-state index in [4.69, 9.17) is 16.7 Å². The van der Waals surface area contributed by atoms with Gasteiger partial charge in [-0.3, -0.25) is 4.79 Å². The molecule has 0 aliphatic rings. The van der Waals surface area contributed by atoms with Gasteiger partial charge in [0.2, 0.25) is 0 Å². The summed E-state index contributed by atoms with van der Waals surface area (Å²) in [6.07, 6.45) is 0. The van der Waals surface area contributed by atoms with Gasteiger partial charge in [-0.15, -0.1) is 0 Å². The summed E-state index contributed by atoms with van der Waals surface area (Å²) in [7, 11) is 0. The molecule has 14 heavy (non-hydrogen) atoms. The highest BCUT2D eigenvalue weighted by Crippen LogP contribution is 2.26. The van der Waals surface area contributed by atoms with Crippen LogP contribution in [-0.4, -0.2) is 16.1 Å². The van der Waals surface area contributed by atoms with Crippen LogP contribution in [0.3, 0.4) is 0 Å². The van der Waals surface area contributed by atoms with Crippen LogP contribution in [0.5, 0.6) is 0 Å². The summed E-state index contributed by atoms with van der Waals surface area (Å²) in [5.41, 5.74) is 0.481. The van der Waals surface area contributed by atoms with Gasteiger partial charge in [-0.2, -0.15) is 0 Å². The number of halogens is 1. The lowest BCUT2D eigenvalue weighted by Gasteiger charge is -1.96. The van der Waals surface area contributed by atoms with E-state index in [1.807, 2.05) is 0 Å². The molecule has 0 fully saturated rings. The third kappa shape index (κ3) is 1.30. The van der Waals surface area contributed by atoms with Crippen molar-refractivity contribution in [2.24, 2.45) is 0 Å². The van der Waals surface area contributed by atoms with Crippen LogP contribution < -0.4 is 4.87 Å². The van der Waals surface area contributed by atoms with Crippen LogP contribution in [0.2, 0.25) is 5.02 Å². The first-order valence-corrected chi connectivity index (χ1v) is 4.83. The Labute approximate surface area is 86.8 Å². The minimum absolute atomic E-state index is 0.0905. The molecule has 1 aromatic carbocycles. The van der Waals surface area contributed by atoms with Crippen LogP contribution in [-0.2, 0) is 0 Å². The average molecular weight is 230 g/mol. The SMILES string of the molecule is O=C(O)c1ccc(Cl)c2[nH]c(=O)sc12. The lowest BCUT2D eigenvalue weighted by Crippen LogP contribution is -1.95. The predicted octanol–water partition coefficient (Wildman–Crippen LogP) is 1.94. The number of hydrogen-bond acceptors (Lipinski definition) is 3. The molecule has 0 saturated carbocycles. The Balaban J connectivity index is 2.94. The first-order chi connectivity index (χ1) is 6.59. The highest BCUT2D eigenvalue weighted by Gasteiger charge is 2.13. The van der Waals surface area contributed by atoms with E-state index in [0.29, 0.717) is 15.2 Å². The number of aromatic carboxylic acids is 1. The Morgan fingerprint density at radius 2 is 2.21 bits per heavy atom. The third-order valence-electron chi connectivity index (χ3n) is 1.76. The van der Waals surface area contributed by atoms with Crippen LogP contribution in [0.25, 0.3) is 10.2 Å². The molecule has 72 valence electrons. The molecule has 1 aromatic heterocycles. The van der Waals surface area contributed by atoms with Gasteiger partial charge in [0, 0.05) is 0 Å². The number of H-pyrrole nitrogens is 1. The molecular weight excluding hydrogens is 226 g/mol. The number of nitrogens with one attached hydrogen (secondary N) is 1. The van der Waals surface area contributed by atoms with Gasteiger partial charge in [0.05, 0.1) is 20.8 Å². The van der Waals surface area contributed by atoms with E-state index in [1.165, 1.54) is 12.1 Å². The maximum absolute atomic E-state index is 11.0. The topological polar surface area (TPSA) is 70.2 Å². The molecule has 2 N–H and O–H groups in total. The summed E-state index contributed by atoms with van der Waals surface area (Å²) in [6, 6.07) is 2.84. The fourth-order valence-corrected chi connectivity index (χ4v) is 2.30. The summed E-state index contributed by atoms with van der Waals surface area (Å²) in [6.45, 7) is 0. The van der Waals surface area contributed by atoms with Crippen molar-refractivity contribution >= 4 is 39.1 Å². The first kappa shape index (κ1) is 9.23. The molecule has 0 spiro atoms. The highest BCUT2D eigenvalue weighted by molar-refractivity contribution is 7.16. The summed E-state index contributed by atoms with van der Waals surface area (Å²) in [5, 5.41) is 9.18. The number of carbonyl (C=O) groups is 1. The van der Waals surface area contributed by atoms with Crippen molar-refractivity contribution < 1.29 is 9.90 Å². The molecule has 0 atom stereocenters. The van der Waals surface area contributed by atoms with Crippen molar-refractivity contribution in [2.75, 3.05) is 0 Å². The summed E-state index contributed by atoms with van der Waals surface area (Å²) in [5.74, 6) is -1.07. The molecule has 6 heteroatoms. The van der Waals surface area contributed by atoms with Crippen molar-refractivity contribution in [1.82, 2.24) is 4.98 Å². The second-order valence-electron chi connectivity index (χ2n) is 2.62. The number of hydrogen-bond donors (Lipinski definition) is 2. The average Bonchev–Trinajstić information content (AvgIpc) is 2.47. The second kappa shape index (κ2) is 3.11. The van der Waals surface area contributed by atoms with Gasteiger partial charge in [-0.25, -0.2) is 4.79 Å². The lowest BCUT2D eigenvalue weighted by molar-refractivity contribution is 0.0699. The van der Waals surface area contributed by atoms with E-state index in [9.17, 15) is 9.59 Å². The van der Waals surface area contributed by atoms with Gasteiger partial charge in [-0.05, 0) is 12.1 Å². The fraction of sp³-hybridized carbons (Fsp3) is 0. The number of benzene rings is 1. The smallest absolute Gasteiger partial charge is 0.337 e. The molecule has 0 aliphatic heterocycles. The van der Waals surface area contributed by atoms with Gasteiger partial charge in [-0.1, -0.05) is 22.9 Å². The van der Waals surface area contributed by atoms with Gasteiger partial charge in [0.15, 0.2) is 0 Å². The number of thiazole rings is 1. The lowest BCUT2D eigenvalue weighted by atomic mass is 10.2. The minimum atomic E-state index is -1.07. The Morgan fingerprint density at radius 3 is 2.86 bits per heavy atom. The van der Waals surface area contributed by atoms with E-state index < -0.39 is 5.97 Å². The van der Waals surface area contributed by atoms with Gasteiger partial charge in [0.25, 0.3) is 0 Å². The van der Waals surface area contributed by atoms with Gasteiger partial charge in [0.1, 0.15) is 0 Å². The number of carboxylic acid groups (broad SMARTS) is 1. The number of rotatable bonds is 1. The van der Waals surface area contributed by atoms with Crippen LogP contribution in [0.1, 0.15) is 10.4 Å². The maximum atomic E-state index is 11.0. The molecule has 0 radical (unpaired) electrons. The number of aromatic nitrogens is 1. The zero-order valence-corrected chi connectivity index (χ0v) is 8.28.